The molecule has 1 heterocycles. The second-order valence-electron chi connectivity index (χ2n) is 6.51. The number of halogens is 1. The summed E-state index contributed by atoms with van der Waals surface area (Å²) in [7, 11) is 0. The molecule has 1 aromatic carbocycles. The Morgan fingerprint density at radius 1 is 1.08 bits per heavy atom. The SMILES string of the molecule is CCOC1(OCC)[NH+]=C(N)[C@@]2(C#N)[C@](CC)(c3ccc(Cl)cc3)[C@@]12C#N. The second-order valence-corrected chi connectivity index (χ2v) is 6.95. The molecule has 0 amide bonds. The lowest BCUT2D eigenvalue weighted by molar-refractivity contribution is -0.694. The summed E-state index contributed by atoms with van der Waals surface area (Å²) in [4.78, 5) is 3.00. The van der Waals surface area contributed by atoms with Crippen molar-refractivity contribution in [3.63, 3.8) is 0 Å². The molecule has 6 nitrogen and oxygen atoms in total. The topological polar surface area (TPSA) is 106 Å². The Morgan fingerprint density at radius 3 is 2.08 bits per heavy atom. The number of nitrogens with one attached hydrogen (secondary N) is 1. The number of nitrogens with zero attached hydrogens (tertiary/aromatic N) is 2. The lowest BCUT2D eigenvalue weighted by Gasteiger charge is -2.33. The van der Waals surface area contributed by atoms with E-state index in [1.165, 1.54) is 0 Å². The average Bonchev–Trinajstić information content (AvgIpc) is 3.13. The number of fused-ring (bicyclic) bond motifs is 1. The molecule has 0 aromatic heterocycles. The number of hydrogen-bond donors (Lipinski definition) is 2. The van der Waals surface area contributed by atoms with Gasteiger partial charge >= 0.3 is 5.91 Å². The summed E-state index contributed by atoms with van der Waals surface area (Å²) in [6.07, 6.45) is 0.514. The number of hydrogen-bond acceptors (Lipinski definition) is 5. The van der Waals surface area contributed by atoms with E-state index in [9.17, 15) is 10.5 Å². The van der Waals surface area contributed by atoms with Crippen LogP contribution in [0.25, 0.3) is 0 Å². The number of rotatable bonds is 6. The monoisotopic (exact) mass is 373 g/mol. The van der Waals surface area contributed by atoms with Gasteiger partial charge in [0.2, 0.25) is 0 Å². The van der Waals surface area contributed by atoms with E-state index in [1.807, 2.05) is 32.9 Å². The van der Waals surface area contributed by atoms with Gasteiger partial charge in [-0.15, -0.1) is 0 Å². The maximum absolute atomic E-state index is 10.4. The molecule has 1 saturated carbocycles. The minimum atomic E-state index is -1.49. The summed E-state index contributed by atoms with van der Waals surface area (Å²) in [5.41, 5.74) is 3.70. The van der Waals surface area contributed by atoms with Crippen LogP contribution in [0.5, 0.6) is 0 Å². The zero-order valence-corrected chi connectivity index (χ0v) is 15.9. The summed E-state index contributed by atoms with van der Waals surface area (Å²) in [5, 5.41) is 21.1. The molecule has 1 aliphatic heterocycles. The molecule has 1 fully saturated rings. The molecule has 0 spiro atoms. The number of nitriles is 2. The van der Waals surface area contributed by atoms with Crippen molar-refractivity contribution < 1.29 is 14.5 Å². The van der Waals surface area contributed by atoms with Gasteiger partial charge in [0, 0.05) is 5.02 Å². The zero-order chi connectivity index (χ0) is 19.2. The van der Waals surface area contributed by atoms with Gasteiger partial charge in [-0.25, -0.2) is 4.99 Å². The van der Waals surface area contributed by atoms with Crippen molar-refractivity contribution in [2.75, 3.05) is 13.2 Å². The average molecular weight is 374 g/mol. The van der Waals surface area contributed by atoms with Gasteiger partial charge in [0.05, 0.1) is 30.8 Å². The Labute approximate surface area is 158 Å². The van der Waals surface area contributed by atoms with E-state index in [-0.39, 0.29) is 5.84 Å². The zero-order valence-electron chi connectivity index (χ0n) is 15.1. The lowest BCUT2D eigenvalue weighted by Crippen LogP contribution is -2.91. The van der Waals surface area contributed by atoms with Crippen LogP contribution in [0.1, 0.15) is 32.8 Å². The molecule has 3 N–H and O–H groups in total. The van der Waals surface area contributed by atoms with Crippen LogP contribution in [0.4, 0.5) is 0 Å². The van der Waals surface area contributed by atoms with Crippen LogP contribution in [-0.2, 0) is 14.9 Å². The number of benzene rings is 1. The summed E-state index contributed by atoms with van der Waals surface area (Å²) < 4.78 is 11.9. The predicted octanol–water partition coefficient (Wildman–Crippen LogP) is 1.20. The molecular weight excluding hydrogens is 352 g/mol. The molecular formula is C19H22ClN4O2+. The first kappa shape index (κ1) is 18.7. The molecule has 136 valence electrons. The Balaban J connectivity index is 2.35. The smallest absolute Gasteiger partial charge is 0.314 e. The molecule has 1 aromatic rings. The van der Waals surface area contributed by atoms with Crippen molar-refractivity contribution in [1.82, 2.24) is 0 Å². The Bertz CT molecular complexity index is 835. The molecule has 3 atom stereocenters. The lowest BCUT2D eigenvalue weighted by atomic mass is 9.80. The molecule has 1 aliphatic carbocycles. The standard InChI is InChI=1S/C19H21ClN4O2/c1-4-16(13-7-9-14(20)10-8-13)17(11-21)15(23)24-19(25-5-2,26-6-3)18(16,17)12-22/h7-10H,4-6H2,1-3H3,(H2,23,24)/p+1/t16-,17-,18+/m0/s1. The van der Waals surface area contributed by atoms with Gasteiger partial charge in [-0.05, 0) is 38.0 Å². The van der Waals surface area contributed by atoms with E-state index >= 15 is 0 Å². The van der Waals surface area contributed by atoms with Gasteiger partial charge in [0.1, 0.15) is 0 Å². The van der Waals surface area contributed by atoms with E-state index in [2.05, 4.69) is 17.1 Å². The molecule has 2 aliphatic rings. The molecule has 0 radical (unpaired) electrons. The molecule has 0 saturated heterocycles. The molecule has 3 rings (SSSR count). The predicted molar refractivity (Wildman–Crippen MR) is 95.7 cm³/mol. The highest BCUT2D eigenvalue weighted by Gasteiger charge is 3.03. The number of amidine groups is 1. The van der Waals surface area contributed by atoms with Crippen LogP contribution < -0.4 is 10.7 Å². The Morgan fingerprint density at radius 2 is 1.65 bits per heavy atom. The quantitative estimate of drug-likeness (QED) is 0.729. The normalized spacial score (nSPS) is 33.7. The van der Waals surface area contributed by atoms with E-state index in [0.29, 0.717) is 24.7 Å². The molecule has 0 bridgehead atoms. The maximum atomic E-state index is 10.4. The Hall–Kier alpha value is -2.12. The van der Waals surface area contributed by atoms with Crippen LogP contribution in [0, 0.1) is 33.5 Å². The van der Waals surface area contributed by atoms with Gasteiger partial charge in [-0.1, -0.05) is 30.7 Å². The van der Waals surface area contributed by atoms with Crippen molar-refractivity contribution in [3.8, 4) is 12.1 Å². The van der Waals surface area contributed by atoms with Gasteiger partial charge in [-0.2, -0.15) is 10.5 Å². The fourth-order valence-corrected chi connectivity index (χ4v) is 5.21. The van der Waals surface area contributed by atoms with Crippen LogP contribution >= 0.6 is 11.6 Å². The van der Waals surface area contributed by atoms with Crippen molar-refractivity contribution in [1.29, 1.82) is 10.5 Å². The van der Waals surface area contributed by atoms with Crippen molar-refractivity contribution >= 4 is 17.4 Å². The van der Waals surface area contributed by atoms with Gasteiger partial charge in [0.25, 0.3) is 5.84 Å². The second kappa shape index (κ2) is 5.96. The highest BCUT2D eigenvalue weighted by Crippen LogP contribution is 2.83. The highest BCUT2D eigenvalue weighted by atomic mass is 35.5. The third-order valence-corrected chi connectivity index (χ3v) is 6.13. The number of nitrogens with two attached hydrogens (primary N) is 1. The van der Waals surface area contributed by atoms with E-state index < -0.39 is 22.2 Å². The van der Waals surface area contributed by atoms with Gasteiger partial charge < -0.3 is 9.47 Å². The molecule has 0 unspecified atom stereocenters. The maximum Gasteiger partial charge on any atom is 0.343 e. The van der Waals surface area contributed by atoms with E-state index in [0.717, 1.165) is 5.56 Å². The minimum Gasteiger partial charge on any atom is -0.314 e. The Kier molecular flexibility index (Phi) is 4.28. The summed E-state index contributed by atoms with van der Waals surface area (Å²) in [5.74, 6) is -1.28. The largest absolute Gasteiger partial charge is 0.343 e. The van der Waals surface area contributed by atoms with Crippen LogP contribution in [0.3, 0.4) is 0 Å². The van der Waals surface area contributed by atoms with E-state index in [1.54, 1.807) is 12.1 Å². The van der Waals surface area contributed by atoms with Gasteiger partial charge in [-0.3, -0.25) is 5.73 Å². The van der Waals surface area contributed by atoms with Crippen molar-refractivity contribution in [2.24, 2.45) is 16.6 Å². The van der Waals surface area contributed by atoms with Gasteiger partial charge in [0.15, 0.2) is 10.8 Å². The summed E-state index contributed by atoms with van der Waals surface area (Å²) >= 11 is 6.05. The van der Waals surface area contributed by atoms with Crippen LogP contribution in [0.15, 0.2) is 24.3 Å². The molecule has 26 heavy (non-hydrogen) atoms. The van der Waals surface area contributed by atoms with Crippen molar-refractivity contribution in [3.05, 3.63) is 34.9 Å². The first-order chi connectivity index (χ1) is 12.4. The first-order valence-corrected chi connectivity index (χ1v) is 9.08. The van der Waals surface area contributed by atoms with E-state index in [4.69, 9.17) is 26.8 Å². The third-order valence-electron chi connectivity index (χ3n) is 5.88. The fourth-order valence-electron chi connectivity index (χ4n) is 5.08. The fraction of sp³-hybridized carbons (Fsp3) is 0.526. The van der Waals surface area contributed by atoms with Crippen LogP contribution in [-0.4, -0.2) is 25.0 Å². The number of ether oxygens (including phenoxy) is 2. The minimum absolute atomic E-state index is 0.209. The van der Waals surface area contributed by atoms with Crippen LogP contribution in [0.2, 0.25) is 5.02 Å². The third kappa shape index (κ3) is 1.66. The summed E-state index contributed by atoms with van der Waals surface area (Å²) in [6.45, 7) is 6.17. The summed E-state index contributed by atoms with van der Waals surface area (Å²) in [6, 6.07) is 11.9. The first-order valence-electron chi connectivity index (χ1n) is 8.71. The molecule has 7 heteroatoms. The highest BCUT2D eigenvalue weighted by molar-refractivity contribution is 6.30. The van der Waals surface area contributed by atoms with Crippen molar-refractivity contribution in [2.45, 2.75) is 38.5 Å².